The van der Waals surface area contributed by atoms with E-state index in [0.717, 1.165) is 18.7 Å². The molecule has 0 spiro atoms. The topological polar surface area (TPSA) is 33.3 Å². The lowest BCUT2D eigenvalue weighted by molar-refractivity contribution is 0.321. The molecule has 1 atom stereocenters. The van der Waals surface area contributed by atoms with Crippen LogP contribution in [0.15, 0.2) is 18.2 Å². The van der Waals surface area contributed by atoms with Crippen molar-refractivity contribution in [2.45, 2.75) is 38.8 Å². The van der Waals surface area contributed by atoms with Crippen molar-refractivity contribution in [3.8, 4) is 5.75 Å². The number of ether oxygens (including phenoxy) is 1. The summed E-state index contributed by atoms with van der Waals surface area (Å²) in [6.45, 7) is 5.09. The van der Waals surface area contributed by atoms with Crippen LogP contribution in [0, 0.1) is 5.82 Å². The van der Waals surface area contributed by atoms with Gasteiger partial charge in [0.1, 0.15) is 0 Å². The molecule has 0 aliphatic carbocycles. The summed E-state index contributed by atoms with van der Waals surface area (Å²) in [7, 11) is 0. The largest absolute Gasteiger partial charge is 0.491 e. The normalized spacial score (nSPS) is 19.4. The maximum atomic E-state index is 13.7. The number of nitrogens with one attached hydrogen (secondary N) is 2. The van der Waals surface area contributed by atoms with Gasteiger partial charge in [0.15, 0.2) is 11.6 Å². The van der Waals surface area contributed by atoms with Gasteiger partial charge >= 0.3 is 0 Å². The maximum absolute atomic E-state index is 13.7. The molecule has 2 rings (SSSR count). The van der Waals surface area contributed by atoms with Crippen molar-refractivity contribution in [2.75, 3.05) is 19.7 Å². The van der Waals surface area contributed by atoms with E-state index in [4.69, 9.17) is 4.74 Å². The second-order valence-electron chi connectivity index (χ2n) is 4.98. The average molecular weight is 266 g/mol. The van der Waals surface area contributed by atoms with Crippen molar-refractivity contribution < 1.29 is 9.13 Å². The van der Waals surface area contributed by atoms with Gasteiger partial charge in [-0.2, -0.15) is 0 Å². The minimum Gasteiger partial charge on any atom is -0.491 e. The highest BCUT2D eigenvalue weighted by atomic mass is 19.1. The lowest BCUT2D eigenvalue weighted by atomic mass is 10.1. The maximum Gasteiger partial charge on any atom is 0.165 e. The molecule has 0 aromatic heterocycles. The van der Waals surface area contributed by atoms with E-state index in [9.17, 15) is 4.39 Å². The first-order valence-electron chi connectivity index (χ1n) is 7.15. The molecule has 1 aromatic carbocycles. The summed E-state index contributed by atoms with van der Waals surface area (Å²) in [6.07, 6.45) is 3.81. The number of piperidine rings is 1. The Morgan fingerprint density at radius 2 is 2.32 bits per heavy atom. The summed E-state index contributed by atoms with van der Waals surface area (Å²) >= 11 is 0. The number of halogens is 1. The van der Waals surface area contributed by atoms with Crippen molar-refractivity contribution in [1.29, 1.82) is 0 Å². The van der Waals surface area contributed by atoms with Gasteiger partial charge in [-0.05, 0) is 44.0 Å². The molecule has 2 N–H and O–H groups in total. The quantitative estimate of drug-likeness (QED) is 0.830. The molecule has 3 nitrogen and oxygen atoms in total. The van der Waals surface area contributed by atoms with E-state index >= 15 is 0 Å². The van der Waals surface area contributed by atoms with Gasteiger partial charge in [-0.15, -0.1) is 0 Å². The van der Waals surface area contributed by atoms with Crippen LogP contribution in [0.3, 0.4) is 0 Å². The molecular formula is C15H23FN2O. The van der Waals surface area contributed by atoms with E-state index < -0.39 is 0 Å². The van der Waals surface area contributed by atoms with Gasteiger partial charge in [0, 0.05) is 19.1 Å². The summed E-state index contributed by atoms with van der Waals surface area (Å²) in [6, 6.07) is 5.72. The fraction of sp³-hybridized carbons (Fsp3) is 0.600. The third-order valence-electron chi connectivity index (χ3n) is 3.43. The van der Waals surface area contributed by atoms with Crippen molar-refractivity contribution in [3.05, 3.63) is 29.6 Å². The fourth-order valence-corrected chi connectivity index (χ4v) is 2.42. The molecule has 4 heteroatoms. The first-order valence-corrected chi connectivity index (χ1v) is 7.15. The summed E-state index contributed by atoms with van der Waals surface area (Å²) in [5.41, 5.74) is 0.955. The molecule has 1 heterocycles. The van der Waals surface area contributed by atoms with Crippen LogP contribution in [0.1, 0.15) is 31.7 Å². The molecule has 19 heavy (non-hydrogen) atoms. The Bertz CT molecular complexity index is 392. The van der Waals surface area contributed by atoms with E-state index in [1.54, 1.807) is 12.1 Å². The van der Waals surface area contributed by atoms with Gasteiger partial charge < -0.3 is 15.4 Å². The SMILES string of the molecule is CCOc1ccc(CNCC2CCCCN2)cc1F. The molecule has 0 amide bonds. The Kier molecular flexibility index (Phi) is 5.61. The summed E-state index contributed by atoms with van der Waals surface area (Å²) in [5, 5.41) is 6.87. The molecule has 1 aliphatic heterocycles. The first-order chi connectivity index (χ1) is 9.29. The Labute approximate surface area is 114 Å². The Morgan fingerprint density at radius 3 is 3.00 bits per heavy atom. The van der Waals surface area contributed by atoms with Crippen molar-refractivity contribution in [2.24, 2.45) is 0 Å². The number of hydrogen-bond acceptors (Lipinski definition) is 3. The van der Waals surface area contributed by atoms with Crippen molar-refractivity contribution in [1.82, 2.24) is 10.6 Å². The number of rotatable bonds is 6. The number of benzene rings is 1. The van der Waals surface area contributed by atoms with Gasteiger partial charge in [-0.1, -0.05) is 12.5 Å². The molecular weight excluding hydrogens is 243 g/mol. The predicted octanol–water partition coefficient (Wildman–Crippen LogP) is 2.46. The number of hydrogen-bond donors (Lipinski definition) is 2. The summed E-state index contributed by atoms with van der Waals surface area (Å²) in [4.78, 5) is 0. The lowest BCUT2D eigenvalue weighted by Crippen LogP contribution is -2.41. The molecule has 0 bridgehead atoms. The summed E-state index contributed by atoms with van der Waals surface area (Å²) in [5.74, 6) is 0.0529. The van der Waals surface area contributed by atoms with E-state index in [2.05, 4.69) is 10.6 Å². The van der Waals surface area contributed by atoms with Gasteiger partial charge in [-0.3, -0.25) is 0 Å². The van der Waals surface area contributed by atoms with Crippen molar-refractivity contribution in [3.63, 3.8) is 0 Å². The van der Waals surface area contributed by atoms with Crippen LogP contribution < -0.4 is 15.4 Å². The average Bonchev–Trinajstić information content (AvgIpc) is 2.43. The molecule has 0 radical (unpaired) electrons. The zero-order chi connectivity index (χ0) is 13.5. The zero-order valence-electron chi connectivity index (χ0n) is 11.5. The first kappa shape index (κ1) is 14.3. The smallest absolute Gasteiger partial charge is 0.165 e. The lowest BCUT2D eigenvalue weighted by Gasteiger charge is -2.23. The van der Waals surface area contributed by atoms with Gasteiger partial charge in [-0.25, -0.2) is 4.39 Å². The molecule has 1 saturated heterocycles. The van der Waals surface area contributed by atoms with E-state index in [-0.39, 0.29) is 5.82 Å². The van der Waals surface area contributed by atoms with Crippen LogP contribution in [0.4, 0.5) is 4.39 Å². The standard InChI is InChI=1S/C15H23FN2O/c1-2-19-15-7-6-12(9-14(15)16)10-17-11-13-5-3-4-8-18-13/h6-7,9,13,17-18H,2-5,8,10-11H2,1H3. The zero-order valence-corrected chi connectivity index (χ0v) is 11.5. The second-order valence-corrected chi connectivity index (χ2v) is 4.98. The fourth-order valence-electron chi connectivity index (χ4n) is 2.42. The highest BCUT2D eigenvalue weighted by Crippen LogP contribution is 2.18. The Balaban J connectivity index is 1.77. The minimum atomic E-state index is -0.281. The minimum absolute atomic E-state index is 0.281. The molecule has 1 fully saturated rings. The van der Waals surface area contributed by atoms with Crippen LogP contribution >= 0.6 is 0 Å². The third kappa shape index (κ3) is 4.48. The van der Waals surface area contributed by atoms with Gasteiger partial charge in [0.25, 0.3) is 0 Å². The Hall–Kier alpha value is -1.13. The molecule has 1 unspecified atom stereocenters. The van der Waals surface area contributed by atoms with Gasteiger partial charge in [0.2, 0.25) is 0 Å². The van der Waals surface area contributed by atoms with Crippen LogP contribution in [-0.2, 0) is 6.54 Å². The van der Waals surface area contributed by atoms with Crippen LogP contribution in [-0.4, -0.2) is 25.7 Å². The predicted molar refractivity (Wildman–Crippen MR) is 74.9 cm³/mol. The molecule has 1 aromatic rings. The highest BCUT2D eigenvalue weighted by molar-refractivity contribution is 5.29. The Morgan fingerprint density at radius 1 is 1.42 bits per heavy atom. The van der Waals surface area contributed by atoms with E-state index in [1.807, 2.05) is 13.0 Å². The highest BCUT2D eigenvalue weighted by Gasteiger charge is 2.11. The van der Waals surface area contributed by atoms with E-state index in [0.29, 0.717) is 24.9 Å². The van der Waals surface area contributed by atoms with Crippen LogP contribution in [0.2, 0.25) is 0 Å². The van der Waals surface area contributed by atoms with E-state index in [1.165, 1.54) is 19.3 Å². The monoisotopic (exact) mass is 266 g/mol. The van der Waals surface area contributed by atoms with Crippen molar-refractivity contribution >= 4 is 0 Å². The molecule has 0 saturated carbocycles. The summed E-state index contributed by atoms with van der Waals surface area (Å²) < 4.78 is 18.8. The third-order valence-corrected chi connectivity index (χ3v) is 3.43. The van der Waals surface area contributed by atoms with Gasteiger partial charge in [0.05, 0.1) is 6.61 Å². The second kappa shape index (κ2) is 7.46. The van der Waals surface area contributed by atoms with Crippen LogP contribution in [0.5, 0.6) is 5.75 Å². The molecule has 1 aliphatic rings. The molecule has 106 valence electrons. The van der Waals surface area contributed by atoms with Crippen LogP contribution in [0.25, 0.3) is 0 Å².